The van der Waals surface area contributed by atoms with Crippen LogP contribution in [0.4, 0.5) is 18.9 Å². The fourth-order valence-corrected chi connectivity index (χ4v) is 3.09. The van der Waals surface area contributed by atoms with Crippen molar-refractivity contribution in [1.29, 1.82) is 0 Å². The monoisotopic (exact) mass is 412 g/mol. The number of hydrogen-bond donors (Lipinski definition) is 2. The number of hydrogen-bond acceptors (Lipinski definition) is 4. The molecule has 2 aromatic heterocycles. The van der Waals surface area contributed by atoms with E-state index in [1.165, 1.54) is 0 Å². The van der Waals surface area contributed by atoms with E-state index in [1.807, 2.05) is 6.07 Å². The number of nitrogens with two attached hydrogens (primary N) is 1. The molecule has 0 saturated heterocycles. The molecule has 0 aliphatic heterocycles. The van der Waals surface area contributed by atoms with Gasteiger partial charge in [0.25, 0.3) is 5.91 Å². The highest BCUT2D eigenvalue weighted by molar-refractivity contribution is 5.98. The first kappa shape index (κ1) is 21.1. The molecule has 0 radical (unpaired) electrons. The number of nitrogens with one attached hydrogen (secondary N) is 1. The van der Waals surface area contributed by atoms with Crippen molar-refractivity contribution in [3.63, 3.8) is 0 Å². The molecule has 3 aromatic rings. The van der Waals surface area contributed by atoms with Gasteiger partial charge in [0.15, 0.2) is 0 Å². The van der Waals surface area contributed by atoms with Gasteiger partial charge < -0.3 is 11.1 Å². The predicted octanol–water partition coefficient (Wildman–Crippen LogP) is 4.29. The average Bonchev–Trinajstić information content (AvgIpc) is 2.71. The summed E-state index contributed by atoms with van der Waals surface area (Å²) in [7, 11) is 0. The maximum atomic E-state index is 13.0. The lowest BCUT2D eigenvalue weighted by Gasteiger charge is -2.30. The number of fused-ring (bicyclic) bond motifs is 1. The van der Waals surface area contributed by atoms with Gasteiger partial charge in [-0.2, -0.15) is 13.2 Å². The molecule has 0 saturated carbocycles. The molecule has 3 rings (SSSR count). The molecule has 30 heavy (non-hydrogen) atoms. The highest BCUT2D eigenvalue weighted by atomic mass is 19.4. The van der Waals surface area contributed by atoms with Crippen LogP contribution in [0.3, 0.4) is 0 Å². The fraction of sp³-hybridized carbons (Fsp3) is 0.227. The number of rotatable bonds is 4. The fourth-order valence-electron chi connectivity index (χ4n) is 3.09. The minimum absolute atomic E-state index is 0.118. The summed E-state index contributed by atoms with van der Waals surface area (Å²) in [5, 5.41) is 3.62. The molecule has 1 aromatic carbocycles. The van der Waals surface area contributed by atoms with E-state index in [4.69, 9.17) is 5.73 Å². The van der Waals surface area contributed by atoms with E-state index in [1.54, 1.807) is 44.3 Å². The quantitative estimate of drug-likeness (QED) is 0.627. The number of aromatic nitrogens is 2. The Morgan fingerprint density at radius 3 is 2.63 bits per heavy atom. The Labute approximate surface area is 171 Å². The Hall–Kier alpha value is -3.60. The van der Waals surface area contributed by atoms with Gasteiger partial charge in [-0.3, -0.25) is 14.8 Å². The standard InChI is InChI=1S/C22H19F3N4O/c1-3-4-9-21(2,19-17(26)12-16(13-28-19)22(23,24)25)29-20(30)15-7-8-18-14(11-15)6-5-10-27-18/h5-8,10-13H,9,26H2,1-2H3,(H,29,30). The number of halogens is 3. The molecule has 0 aliphatic rings. The second kappa shape index (κ2) is 8.03. The van der Waals surface area contributed by atoms with Crippen LogP contribution in [-0.4, -0.2) is 15.9 Å². The number of alkyl halides is 3. The summed E-state index contributed by atoms with van der Waals surface area (Å²) in [6.45, 7) is 3.26. The van der Waals surface area contributed by atoms with Crippen LogP contribution in [0, 0.1) is 11.8 Å². The number of anilines is 1. The van der Waals surface area contributed by atoms with Crippen LogP contribution < -0.4 is 11.1 Å². The molecule has 0 spiro atoms. The number of nitrogen functional groups attached to an aromatic ring is 1. The van der Waals surface area contributed by atoms with Crippen molar-refractivity contribution < 1.29 is 18.0 Å². The third kappa shape index (κ3) is 4.35. The zero-order valence-electron chi connectivity index (χ0n) is 16.3. The van der Waals surface area contributed by atoms with Crippen molar-refractivity contribution in [3.8, 4) is 11.8 Å². The zero-order valence-corrected chi connectivity index (χ0v) is 16.3. The molecule has 1 atom stereocenters. The van der Waals surface area contributed by atoms with Crippen LogP contribution >= 0.6 is 0 Å². The second-order valence-corrected chi connectivity index (χ2v) is 6.96. The van der Waals surface area contributed by atoms with Gasteiger partial charge >= 0.3 is 6.18 Å². The highest BCUT2D eigenvalue weighted by Gasteiger charge is 2.36. The van der Waals surface area contributed by atoms with Crippen LogP contribution in [0.2, 0.25) is 0 Å². The third-order valence-electron chi connectivity index (χ3n) is 4.64. The lowest BCUT2D eigenvalue weighted by atomic mass is 9.90. The summed E-state index contributed by atoms with van der Waals surface area (Å²) in [4.78, 5) is 21.1. The summed E-state index contributed by atoms with van der Waals surface area (Å²) < 4.78 is 38.9. The molecule has 1 unspecified atom stereocenters. The van der Waals surface area contributed by atoms with Crippen LogP contribution in [-0.2, 0) is 11.7 Å². The molecule has 0 fully saturated rings. The van der Waals surface area contributed by atoms with Gasteiger partial charge in [-0.25, -0.2) is 0 Å². The van der Waals surface area contributed by atoms with E-state index >= 15 is 0 Å². The molecule has 1 amide bonds. The Kier molecular flexibility index (Phi) is 5.65. The molecule has 154 valence electrons. The molecule has 8 heteroatoms. The second-order valence-electron chi connectivity index (χ2n) is 6.96. The lowest BCUT2D eigenvalue weighted by Crippen LogP contribution is -2.44. The van der Waals surface area contributed by atoms with Crippen LogP contribution in [0.15, 0.2) is 48.8 Å². The summed E-state index contributed by atoms with van der Waals surface area (Å²) in [6.07, 6.45) is -2.09. The summed E-state index contributed by atoms with van der Waals surface area (Å²) in [6, 6.07) is 9.44. The van der Waals surface area contributed by atoms with E-state index < -0.39 is 23.2 Å². The third-order valence-corrected chi connectivity index (χ3v) is 4.64. The Bertz CT molecular complexity index is 1160. The van der Waals surface area contributed by atoms with E-state index in [0.29, 0.717) is 11.8 Å². The average molecular weight is 412 g/mol. The van der Waals surface area contributed by atoms with Crippen molar-refractivity contribution in [3.05, 3.63) is 65.6 Å². The molecule has 0 aliphatic carbocycles. The first-order valence-corrected chi connectivity index (χ1v) is 9.04. The van der Waals surface area contributed by atoms with E-state index in [9.17, 15) is 18.0 Å². The zero-order chi connectivity index (χ0) is 21.9. The van der Waals surface area contributed by atoms with Crippen molar-refractivity contribution in [2.45, 2.75) is 32.0 Å². The lowest BCUT2D eigenvalue weighted by molar-refractivity contribution is -0.137. The SMILES string of the molecule is CC#CCC(C)(NC(=O)c1ccc2ncccc2c1)c1ncc(C(F)(F)F)cc1N. The van der Waals surface area contributed by atoms with Gasteiger partial charge in [0, 0.05) is 29.8 Å². The van der Waals surface area contributed by atoms with Crippen molar-refractivity contribution in [2.75, 3.05) is 5.73 Å². The van der Waals surface area contributed by atoms with E-state index in [2.05, 4.69) is 27.1 Å². The number of carbonyl (C=O) groups is 1. The summed E-state index contributed by atoms with van der Waals surface area (Å²) in [5.74, 6) is 5.15. The van der Waals surface area contributed by atoms with Crippen molar-refractivity contribution in [2.24, 2.45) is 0 Å². The molecule has 5 nitrogen and oxygen atoms in total. The van der Waals surface area contributed by atoms with Gasteiger partial charge in [-0.15, -0.1) is 11.8 Å². The topological polar surface area (TPSA) is 80.9 Å². The van der Waals surface area contributed by atoms with Crippen molar-refractivity contribution in [1.82, 2.24) is 15.3 Å². The Morgan fingerprint density at radius 1 is 1.20 bits per heavy atom. The van der Waals surface area contributed by atoms with E-state index in [0.717, 1.165) is 17.0 Å². The smallest absolute Gasteiger partial charge is 0.397 e. The normalized spacial score (nSPS) is 13.2. The minimum atomic E-state index is -4.57. The van der Waals surface area contributed by atoms with Gasteiger partial charge in [-0.1, -0.05) is 6.07 Å². The highest BCUT2D eigenvalue weighted by Crippen LogP contribution is 2.34. The molecule has 2 heterocycles. The number of pyridine rings is 2. The molecule has 0 bridgehead atoms. The number of nitrogens with zero attached hydrogens (tertiary/aromatic N) is 2. The first-order chi connectivity index (χ1) is 14.1. The minimum Gasteiger partial charge on any atom is -0.397 e. The van der Waals surface area contributed by atoms with Gasteiger partial charge in [0.05, 0.1) is 28.0 Å². The number of amides is 1. The number of carbonyl (C=O) groups excluding carboxylic acids is 1. The molecule has 3 N–H and O–H groups in total. The van der Waals surface area contributed by atoms with Gasteiger partial charge in [0.1, 0.15) is 0 Å². The summed E-state index contributed by atoms with van der Waals surface area (Å²) >= 11 is 0. The largest absolute Gasteiger partial charge is 0.417 e. The number of benzene rings is 1. The molecular formula is C22H19F3N4O. The maximum Gasteiger partial charge on any atom is 0.417 e. The molecular weight excluding hydrogens is 393 g/mol. The van der Waals surface area contributed by atoms with Crippen LogP contribution in [0.25, 0.3) is 10.9 Å². The van der Waals surface area contributed by atoms with Gasteiger partial charge in [-0.05, 0) is 44.2 Å². The Balaban J connectivity index is 1.98. The first-order valence-electron chi connectivity index (χ1n) is 9.04. The summed E-state index contributed by atoms with van der Waals surface area (Å²) in [5.41, 5.74) is 4.80. The van der Waals surface area contributed by atoms with Crippen molar-refractivity contribution >= 4 is 22.5 Å². The maximum absolute atomic E-state index is 13.0. The van der Waals surface area contributed by atoms with Crippen LogP contribution in [0.1, 0.15) is 41.9 Å². The van der Waals surface area contributed by atoms with Gasteiger partial charge in [0.2, 0.25) is 0 Å². The Morgan fingerprint density at radius 2 is 1.97 bits per heavy atom. The van der Waals surface area contributed by atoms with E-state index in [-0.39, 0.29) is 17.8 Å². The predicted molar refractivity (Wildman–Crippen MR) is 108 cm³/mol. The van der Waals surface area contributed by atoms with Crippen LogP contribution in [0.5, 0.6) is 0 Å².